The van der Waals surface area contributed by atoms with E-state index in [0.29, 0.717) is 6.04 Å². The standard InChI is InChI=1S/C20H30N2O2/c1-16-6-11-22(18(14-16)19-5-4-17(2)24-19)10-3-7-20(15-21)8-12-23-13-9-20/h4-5,16,18H,3,6-14H2,1-2H3/t16-,18+/m0/s1. The Morgan fingerprint density at radius 3 is 2.79 bits per heavy atom. The Balaban J connectivity index is 1.59. The van der Waals surface area contributed by atoms with Gasteiger partial charge in [0.2, 0.25) is 0 Å². The molecular weight excluding hydrogens is 300 g/mol. The van der Waals surface area contributed by atoms with Gasteiger partial charge >= 0.3 is 0 Å². The molecule has 0 N–H and O–H groups in total. The van der Waals surface area contributed by atoms with Gasteiger partial charge in [0, 0.05) is 13.2 Å². The van der Waals surface area contributed by atoms with E-state index in [2.05, 4.69) is 30.0 Å². The van der Waals surface area contributed by atoms with Crippen molar-refractivity contribution >= 4 is 0 Å². The largest absolute Gasteiger partial charge is 0.465 e. The first kappa shape index (κ1) is 17.5. The molecule has 1 aromatic heterocycles. The van der Waals surface area contributed by atoms with Crippen LogP contribution in [-0.4, -0.2) is 31.2 Å². The smallest absolute Gasteiger partial charge is 0.121 e. The maximum Gasteiger partial charge on any atom is 0.121 e. The second-order valence-electron chi connectivity index (χ2n) is 7.74. The molecule has 1 aromatic rings. The number of rotatable bonds is 5. The molecule has 4 nitrogen and oxygen atoms in total. The van der Waals surface area contributed by atoms with Crippen molar-refractivity contribution in [2.24, 2.45) is 11.3 Å². The first-order valence-electron chi connectivity index (χ1n) is 9.41. The fourth-order valence-corrected chi connectivity index (χ4v) is 4.19. The minimum Gasteiger partial charge on any atom is -0.465 e. The van der Waals surface area contributed by atoms with Crippen LogP contribution in [0.2, 0.25) is 0 Å². The third-order valence-corrected chi connectivity index (χ3v) is 5.85. The SMILES string of the molecule is Cc1ccc([C@H]2C[C@@H](C)CCN2CCCC2(C#N)CCOCC2)o1. The molecule has 0 unspecified atom stereocenters. The van der Waals surface area contributed by atoms with Crippen LogP contribution in [0.4, 0.5) is 0 Å². The maximum atomic E-state index is 9.61. The summed E-state index contributed by atoms with van der Waals surface area (Å²) in [5.41, 5.74) is -0.155. The van der Waals surface area contributed by atoms with E-state index in [1.165, 1.54) is 12.8 Å². The van der Waals surface area contributed by atoms with E-state index in [1.54, 1.807) is 0 Å². The highest BCUT2D eigenvalue weighted by atomic mass is 16.5. The molecule has 0 aromatic carbocycles. The highest BCUT2D eigenvalue weighted by Crippen LogP contribution is 2.37. The molecule has 0 saturated carbocycles. The first-order valence-corrected chi connectivity index (χ1v) is 9.41. The molecule has 2 aliphatic heterocycles. The molecule has 132 valence electrons. The van der Waals surface area contributed by atoms with Gasteiger partial charge in [-0.15, -0.1) is 0 Å². The average Bonchev–Trinajstić information content (AvgIpc) is 3.03. The molecular formula is C20H30N2O2. The van der Waals surface area contributed by atoms with Gasteiger partial charge in [-0.1, -0.05) is 6.92 Å². The van der Waals surface area contributed by atoms with Gasteiger partial charge < -0.3 is 9.15 Å². The van der Waals surface area contributed by atoms with Crippen molar-refractivity contribution in [3.05, 3.63) is 23.7 Å². The third-order valence-electron chi connectivity index (χ3n) is 5.85. The number of furan rings is 1. The maximum absolute atomic E-state index is 9.61. The molecule has 2 atom stereocenters. The molecule has 3 rings (SSSR count). The average molecular weight is 330 g/mol. The van der Waals surface area contributed by atoms with Gasteiger partial charge in [-0.2, -0.15) is 5.26 Å². The molecule has 2 aliphatic rings. The normalized spacial score (nSPS) is 27.7. The summed E-state index contributed by atoms with van der Waals surface area (Å²) >= 11 is 0. The van der Waals surface area contributed by atoms with Gasteiger partial charge in [-0.05, 0) is 76.6 Å². The van der Waals surface area contributed by atoms with E-state index in [4.69, 9.17) is 9.15 Å². The van der Waals surface area contributed by atoms with Crippen LogP contribution in [0.1, 0.15) is 63.0 Å². The Morgan fingerprint density at radius 1 is 1.33 bits per heavy atom. The van der Waals surface area contributed by atoms with Crippen molar-refractivity contribution in [3.63, 3.8) is 0 Å². The number of ether oxygens (including phenoxy) is 1. The quantitative estimate of drug-likeness (QED) is 0.799. The predicted molar refractivity (Wildman–Crippen MR) is 93.5 cm³/mol. The van der Waals surface area contributed by atoms with Crippen LogP contribution in [0.5, 0.6) is 0 Å². The lowest BCUT2D eigenvalue weighted by molar-refractivity contribution is 0.0321. The number of hydrogen-bond donors (Lipinski definition) is 0. The molecule has 24 heavy (non-hydrogen) atoms. The molecule has 2 saturated heterocycles. The lowest BCUT2D eigenvalue weighted by Gasteiger charge is -2.38. The molecule has 0 radical (unpaired) electrons. The predicted octanol–water partition coefficient (Wildman–Crippen LogP) is 4.46. The minimum absolute atomic E-state index is 0.155. The minimum atomic E-state index is -0.155. The van der Waals surface area contributed by atoms with Crippen LogP contribution in [0, 0.1) is 29.6 Å². The summed E-state index contributed by atoms with van der Waals surface area (Å²) in [6.07, 6.45) is 6.28. The Kier molecular flexibility index (Phi) is 5.63. The summed E-state index contributed by atoms with van der Waals surface area (Å²) in [6, 6.07) is 7.20. The van der Waals surface area contributed by atoms with Crippen LogP contribution in [-0.2, 0) is 4.74 Å². The van der Waals surface area contributed by atoms with E-state index in [1.807, 2.05) is 6.92 Å². The molecule has 0 bridgehead atoms. The number of hydrogen-bond acceptors (Lipinski definition) is 4. The van der Waals surface area contributed by atoms with Gasteiger partial charge in [0.05, 0.1) is 17.5 Å². The Hall–Kier alpha value is -1.31. The summed E-state index contributed by atoms with van der Waals surface area (Å²) in [5.74, 6) is 2.85. The van der Waals surface area contributed by atoms with E-state index in [9.17, 15) is 5.26 Å². The Labute approximate surface area is 145 Å². The van der Waals surface area contributed by atoms with E-state index in [-0.39, 0.29) is 5.41 Å². The van der Waals surface area contributed by atoms with Crippen molar-refractivity contribution < 1.29 is 9.15 Å². The summed E-state index contributed by atoms with van der Waals surface area (Å²) < 4.78 is 11.4. The van der Waals surface area contributed by atoms with Crippen LogP contribution >= 0.6 is 0 Å². The highest BCUT2D eigenvalue weighted by molar-refractivity contribution is 5.11. The van der Waals surface area contributed by atoms with Crippen LogP contribution < -0.4 is 0 Å². The zero-order valence-corrected chi connectivity index (χ0v) is 15.1. The number of nitrogens with zero attached hydrogens (tertiary/aromatic N) is 2. The first-order chi connectivity index (χ1) is 11.6. The van der Waals surface area contributed by atoms with Gasteiger partial charge in [-0.25, -0.2) is 0 Å². The van der Waals surface area contributed by atoms with Crippen LogP contribution in [0.15, 0.2) is 16.5 Å². The van der Waals surface area contributed by atoms with Gasteiger partial charge in [-0.3, -0.25) is 4.90 Å². The summed E-state index contributed by atoms with van der Waals surface area (Å²) in [6.45, 7) is 8.02. The molecule has 0 aliphatic carbocycles. The lowest BCUT2D eigenvalue weighted by Crippen LogP contribution is -2.37. The number of piperidine rings is 1. The molecule has 0 spiro atoms. The number of aryl methyl sites for hydroxylation is 1. The summed E-state index contributed by atoms with van der Waals surface area (Å²) in [7, 11) is 0. The van der Waals surface area contributed by atoms with Crippen molar-refractivity contribution in [1.29, 1.82) is 5.26 Å². The number of nitriles is 1. The van der Waals surface area contributed by atoms with Gasteiger partial charge in [0.25, 0.3) is 0 Å². The summed E-state index contributed by atoms with van der Waals surface area (Å²) in [5, 5.41) is 9.61. The van der Waals surface area contributed by atoms with Crippen molar-refractivity contribution in [2.45, 2.75) is 58.4 Å². The zero-order valence-electron chi connectivity index (χ0n) is 15.1. The fourth-order valence-electron chi connectivity index (χ4n) is 4.19. The van der Waals surface area contributed by atoms with E-state index < -0.39 is 0 Å². The van der Waals surface area contributed by atoms with Gasteiger partial charge in [0.1, 0.15) is 11.5 Å². The molecule has 3 heterocycles. The third kappa shape index (κ3) is 4.02. The summed E-state index contributed by atoms with van der Waals surface area (Å²) in [4.78, 5) is 2.57. The van der Waals surface area contributed by atoms with Crippen LogP contribution in [0.3, 0.4) is 0 Å². The number of likely N-dealkylation sites (tertiary alicyclic amines) is 1. The molecule has 4 heteroatoms. The topological polar surface area (TPSA) is 49.4 Å². The van der Waals surface area contributed by atoms with Crippen molar-refractivity contribution in [1.82, 2.24) is 4.90 Å². The van der Waals surface area contributed by atoms with Crippen molar-refractivity contribution in [2.75, 3.05) is 26.3 Å². The lowest BCUT2D eigenvalue weighted by atomic mass is 9.77. The second-order valence-corrected chi connectivity index (χ2v) is 7.74. The highest BCUT2D eigenvalue weighted by Gasteiger charge is 2.34. The zero-order chi connectivity index (χ0) is 17.0. The molecule has 0 amide bonds. The second kappa shape index (κ2) is 7.72. The van der Waals surface area contributed by atoms with Gasteiger partial charge in [0.15, 0.2) is 0 Å². The Bertz CT molecular complexity index is 568. The Morgan fingerprint density at radius 2 is 2.12 bits per heavy atom. The monoisotopic (exact) mass is 330 g/mol. The van der Waals surface area contributed by atoms with E-state index >= 15 is 0 Å². The van der Waals surface area contributed by atoms with Crippen molar-refractivity contribution in [3.8, 4) is 6.07 Å². The fraction of sp³-hybridized carbons (Fsp3) is 0.750. The molecule has 2 fully saturated rings. The van der Waals surface area contributed by atoms with Crippen LogP contribution in [0.25, 0.3) is 0 Å². The van der Waals surface area contributed by atoms with E-state index in [0.717, 1.165) is 69.4 Å².